The minimum absolute atomic E-state index is 0.0565. The van der Waals surface area contributed by atoms with E-state index in [1.54, 1.807) is 23.2 Å². The molecule has 2 aliphatic heterocycles. The second kappa shape index (κ2) is 10.0. The summed E-state index contributed by atoms with van der Waals surface area (Å²) in [5.41, 5.74) is 13.2. The van der Waals surface area contributed by atoms with E-state index in [0.29, 0.717) is 23.2 Å². The second-order valence-electron chi connectivity index (χ2n) is 9.88. The van der Waals surface area contributed by atoms with Crippen molar-refractivity contribution in [2.45, 2.75) is 50.6 Å². The number of hydrazine groups is 1. The number of rotatable bonds is 5. The van der Waals surface area contributed by atoms with Crippen LogP contribution >= 0.6 is 0 Å². The van der Waals surface area contributed by atoms with Crippen LogP contribution in [0.1, 0.15) is 56.3 Å². The Morgan fingerprint density at radius 3 is 2.54 bits per heavy atom. The van der Waals surface area contributed by atoms with Gasteiger partial charge in [-0.25, -0.2) is 14.3 Å². The van der Waals surface area contributed by atoms with E-state index in [9.17, 15) is 8.42 Å². The molecule has 0 bridgehead atoms. The number of hydrogen-bond acceptors (Lipinski definition) is 7. The quantitative estimate of drug-likeness (QED) is 0.539. The first-order valence-corrected chi connectivity index (χ1v) is 14.1. The monoisotopic (exact) mass is 495 g/mol. The maximum atomic E-state index is 12.1. The zero-order valence-corrected chi connectivity index (χ0v) is 21.9. The summed E-state index contributed by atoms with van der Waals surface area (Å²) < 4.78 is 24.2. The molecule has 0 radical (unpaired) electrons. The number of nitrogens with two attached hydrogens (primary N) is 2. The normalized spacial score (nSPS) is 20.8. The van der Waals surface area contributed by atoms with Gasteiger partial charge in [0.25, 0.3) is 0 Å². The molecular weight excluding hydrogens is 458 g/mol. The molecular formula is C27H37N5O2S. The smallest absolute Gasteiger partial charge is 0.175 e. The Balaban J connectivity index is 1.75. The van der Waals surface area contributed by atoms with Gasteiger partial charge >= 0.3 is 0 Å². The summed E-state index contributed by atoms with van der Waals surface area (Å²) in [6.07, 6.45) is 5.31. The summed E-state index contributed by atoms with van der Waals surface area (Å²) in [7, 11) is -3.30. The Morgan fingerprint density at radius 1 is 1.14 bits per heavy atom. The van der Waals surface area contributed by atoms with Crippen LogP contribution in [0.2, 0.25) is 0 Å². The van der Waals surface area contributed by atoms with Crippen molar-refractivity contribution < 1.29 is 8.42 Å². The van der Waals surface area contributed by atoms with Gasteiger partial charge in [0.15, 0.2) is 9.84 Å². The minimum Gasteiger partial charge on any atom is -0.401 e. The Hall–Kier alpha value is -2.81. The summed E-state index contributed by atoms with van der Waals surface area (Å²) in [5.74, 6) is 6.43. The number of fused-ring (bicyclic) bond motifs is 1. The lowest BCUT2D eigenvalue weighted by atomic mass is 9.90. The minimum atomic E-state index is -3.30. The van der Waals surface area contributed by atoms with Crippen LogP contribution in [0.3, 0.4) is 0 Å². The average molecular weight is 496 g/mol. The van der Waals surface area contributed by atoms with Crippen molar-refractivity contribution in [1.82, 2.24) is 9.91 Å². The van der Waals surface area contributed by atoms with Crippen LogP contribution < -0.4 is 16.9 Å². The lowest BCUT2D eigenvalue weighted by Crippen LogP contribution is -2.34. The van der Waals surface area contributed by atoms with Crippen molar-refractivity contribution in [3.63, 3.8) is 0 Å². The molecule has 4 rings (SSSR count). The fourth-order valence-corrected chi connectivity index (χ4v) is 5.65. The highest BCUT2D eigenvalue weighted by atomic mass is 32.2. The van der Waals surface area contributed by atoms with E-state index in [4.69, 9.17) is 11.6 Å². The van der Waals surface area contributed by atoms with Gasteiger partial charge < -0.3 is 16.1 Å². The molecule has 1 unspecified atom stereocenters. The summed E-state index contributed by atoms with van der Waals surface area (Å²) in [4.78, 5) is 2.77. The Kier molecular flexibility index (Phi) is 7.26. The lowest BCUT2D eigenvalue weighted by molar-refractivity contribution is 0.245. The molecule has 5 N–H and O–H groups in total. The SMILES string of the molecule is C/C(N)=C1\c2ccc(C3=CCN(C(C)C)CC3)cc2C(Nc2cccc(S(C)(=O)=O)c2)CCN1N. The zero-order valence-electron chi connectivity index (χ0n) is 21.1. The molecule has 0 saturated heterocycles. The highest BCUT2D eigenvalue weighted by molar-refractivity contribution is 7.90. The van der Waals surface area contributed by atoms with E-state index >= 15 is 0 Å². The standard InChI is InChI=1S/C27H37N5O2S/c1-18(2)31-13-10-20(11-14-31)21-8-9-24-25(16-21)26(12-15-32(29)27(24)19(3)28)30-22-6-5-7-23(17-22)35(4,33)34/h5-10,16-18,26,30H,11-15,28-29H2,1-4H3/b27-19-. The van der Waals surface area contributed by atoms with Crippen molar-refractivity contribution in [3.8, 4) is 0 Å². The van der Waals surface area contributed by atoms with Crippen molar-refractivity contribution >= 4 is 26.8 Å². The lowest BCUT2D eigenvalue weighted by Gasteiger charge is -2.30. The van der Waals surface area contributed by atoms with Gasteiger partial charge in [0.05, 0.1) is 16.6 Å². The number of allylic oxidation sites excluding steroid dienone is 1. The van der Waals surface area contributed by atoms with E-state index < -0.39 is 9.84 Å². The van der Waals surface area contributed by atoms with Crippen molar-refractivity contribution in [2.24, 2.45) is 11.6 Å². The first-order valence-electron chi connectivity index (χ1n) is 12.2. The third kappa shape index (κ3) is 5.55. The third-order valence-electron chi connectivity index (χ3n) is 6.95. The van der Waals surface area contributed by atoms with Crippen LogP contribution in [-0.2, 0) is 9.84 Å². The second-order valence-corrected chi connectivity index (χ2v) is 11.9. The molecule has 2 aliphatic rings. The highest BCUT2D eigenvalue weighted by Crippen LogP contribution is 2.37. The van der Waals surface area contributed by atoms with Gasteiger partial charge in [-0.05, 0) is 74.6 Å². The number of sulfone groups is 1. The number of nitrogens with zero attached hydrogens (tertiary/aromatic N) is 2. The molecule has 188 valence electrons. The number of nitrogens with one attached hydrogen (secondary N) is 1. The molecule has 7 nitrogen and oxygen atoms in total. The molecule has 2 heterocycles. The van der Waals surface area contributed by atoms with E-state index in [-0.39, 0.29) is 6.04 Å². The molecule has 0 fully saturated rings. The summed E-state index contributed by atoms with van der Waals surface area (Å²) >= 11 is 0. The van der Waals surface area contributed by atoms with Crippen LogP contribution in [0.25, 0.3) is 11.3 Å². The Bertz CT molecular complexity index is 1260. The number of anilines is 1. The maximum absolute atomic E-state index is 12.1. The van der Waals surface area contributed by atoms with Crippen LogP contribution in [0.15, 0.2) is 59.1 Å². The van der Waals surface area contributed by atoms with E-state index in [1.165, 1.54) is 17.4 Å². The molecule has 1 atom stereocenters. The van der Waals surface area contributed by atoms with E-state index in [1.807, 2.05) is 13.0 Å². The first-order chi connectivity index (χ1) is 16.5. The Labute approximate surface area is 209 Å². The van der Waals surface area contributed by atoms with Crippen LogP contribution in [0.5, 0.6) is 0 Å². The van der Waals surface area contributed by atoms with Crippen LogP contribution in [0, 0.1) is 0 Å². The summed E-state index contributed by atoms with van der Waals surface area (Å²) in [5, 5.41) is 5.31. The van der Waals surface area contributed by atoms with E-state index in [2.05, 4.69) is 48.3 Å². The summed E-state index contributed by atoms with van der Waals surface area (Å²) in [6, 6.07) is 14.0. The molecule has 0 saturated carbocycles. The number of benzene rings is 2. The van der Waals surface area contributed by atoms with Crippen molar-refractivity contribution in [1.29, 1.82) is 0 Å². The van der Waals surface area contributed by atoms with Gasteiger partial charge in [0.1, 0.15) is 0 Å². The van der Waals surface area contributed by atoms with Crippen LogP contribution in [-0.4, -0.2) is 50.3 Å². The van der Waals surface area contributed by atoms with Gasteiger partial charge in [0, 0.05) is 48.9 Å². The highest BCUT2D eigenvalue weighted by Gasteiger charge is 2.27. The predicted octanol–water partition coefficient (Wildman–Crippen LogP) is 3.97. The van der Waals surface area contributed by atoms with Gasteiger partial charge in [-0.15, -0.1) is 0 Å². The topological polar surface area (TPSA) is 105 Å². The molecule has 2 aromatic rings. The predicted molar refractivity (Wildman–Crippen MR) is 144 cm³/mol. The fourth-order valence-electron chi connectivity index (χ4n) is 4.98. The van der Waals surface area contributed by atoms with Crippen molar-refractivity contribution in [3.05, 3.63) is 70.9 Å². The van der Waals surface area contributed by atoms with Crippen molar-refractivity contribution in [2.75, 3.05) is 31.2 Å². The average Bonchev–Trinajstić information content (AvgIpc) is 2.94. The van der Waals surface area contributed by atoms with Gasteiger partial charge in [-0.2, -0.15) is 0 Å². The third-order valence-corrected chi connectivity index (χ3v) is 8.06. The molecule has 0 aliphatic carbocycles. The fraction of sp³-hybridized carbons (Fsp3) is 0.407. The van der Waals surface area contributed by atoms with Gasteiger partial charge in [0.2, 0.25) is 0 Å². The molecule has 35 heavy (non-hydrogen) atoms. The van der Waals surface area contributed by atoms with Gasteiger partial charge in [-0.1, -0.05) is 24.3 Å². The molecule has 0 aromatic heterocycles. The largest absolute Gasteiger partial charge is 0.401 e. The zero-order chi connectivity index (χ0) is 25.3. The Morgan fingerprint density at radius 2 is 1.91 bits per heavy atom. The maximum Gasteiger partial charge on any atom is 0.175 e. The number of hydrogen-bond donors (Lipinski definition) is 3. The van der Waals surface area contributed by atoms with E-state index in [0.717, 1.165) is 48.4 Å². The van der Waals surface area contributed by atoms with Crippen LogP contribution in [0.4, 0.5) is 5.69 Å². The first kappa shape index (κ1) is 25.3. The molecule has 8 heteroatoms. The molecule has 0 spiro atoms. The molecule has 2 aromatic carbocycles. The van der Waals surface area contributed by atoms with Gasteiger partial charge in [-0.3, -0.25) is 4.90 Å². The molecule has 0 amide bonds. The summed E-state index contributed by atoms with van der Waals surface area (Å²) in [6.45, 7) is 8.96.